The summed E-state index contributed by atoms with van der Waals surface area (Å²) in [5, 5.41) is 2.83. The number of hydrogen-bond acceptors (Lipinski definition) is 5. The van der Waals surface area contributed by atoms with Crippen molar-refractivity contribution >= 4 is 17.8 Å². The number of carbonyl (C=O) groups excluding carboxylic acids is 2. The van der Waals surface area contributed by atoms with Gasteiger partial charge in [-0.15, -0.1) is 0 Å². The molecule has 1 aromatic heterocycles. The minimum Gasteiger partial charge on any atom is -0.444 e. The number of likely N-dealkylation sites (tertiary alicyclic amines) is 1. The summed E-state index contributed by atoms with van der Waals surface area (Å²) in [7, 11) is 0. The Morgan fingerprint density at radius 2 is 2.13 bits per heavy atom. The Morgan fingerprint density at radius 3 is 2.65 bits per heavy atom. The first kappa shape index (κ1) is 17.1. The molecule has 1 aromatic rings. The number of rotatable bonds is 3. The number of hydrogen-bond donors (Lipinski definition) is 2. The molecule has 3 N–H and O–H groups in total. The Kier molecular flexibility index (Phi) is 4.53. The van der Waals surface area contributed by atoms with Crippen LogP contribution in [0.2, 0.25) is 0 Å². The first-order valence-corrected chi connectivity index (χ1v) is 7.75. The second-order valence-corrected chi connectivity index (χ2v) is 6.80. The molecular weight excluding hydrogens is 298 g/mol. The number of amides is 2. The molecule has 0 aliphatic carbocycles. The summed E-state index contributed by atoms with van der Waals surface area (Å²) in [5.74, 6) is 0.332. The summed E-state index contributed by atoms with van der Waals surface area (Å²) in [6.07, 6.45) is 0.782. The van der Waals surface area contributed by atoms with Gasteiger partial charge < -0.3 is 20.4 Å². The minimum absolute atomic E-state index is 0.147. The molecule has 0 radical (unpaired) electrons. The fraction of sp³-hybridized carbons (Fsp3) is 0.667. The van der Waals surface area contributed by atoms with Crippen LogP contribution in [-0.4, -0.2) is 44.8 Å². The van der Waals surface area contributed by atoms with Crippen molar-refractivity contribution in [2.45, 2.75) is 52.9 Å². The average molecular weight is 323 g/mol. The van der Waals surface area contributed by atoms with E-state index < -0.39 is 17.9 Å². The number of aromatic nitrogens is 2. The SMILES string of the molecule is CCn1cc(N)nc1C(=O)NC1C(C)CN1C(=O)OC(C)(C)C. The van der Waals surface area contributed by atoms with Crippen LogP contribution < -0.4 is 11.1 Å². The molecule has 1 saturated heterocycles. The van der Waals surface area contributed by atoms with Crippen LogP contribution in [0.25, 0.3) is 0 Å². The highest BCUT2D eigenvalue weighted by molar-refractivity contribution is 5.92. The van der Waals surface area contributed by atoms with Gasteiger partial charge in [-0.25, -0.2) is 9.78 Å². The van der Waals surface area contributed by atoms with E-state index in [4.69, 9.17) is 10.5 Å². The predicted molar refractivity (Wildman–Crippen MR) is 85.7 cm³/mol. The molecule has 2 atom stereocenters. The first-order valence-electron chi connectivity index (χ1n) is 7.75. The molecular formula is C15H25N5O3. The number of nitrogens with two attached hydrogens (primary N) is 1. The smallest absolute Gasteiger partial charge is 0.411 e. The first-order chi connectivity index (χ1) is 10.6. The molecule has 1 fully saturated rings. The number of nitrogen functional groups attached to an aromatic ring is 1. The Labute approximate surface area is 136 Å². The van der Waals surface area contributed by atoms with Crippen molar-refractivity contribution in [3.63, 3.8) is 0 Å². The molecule has 0 aromatic carbocycles. The van der Waals surface area contributed by atoms with Gasteiger partial charge in [-0.1, -0.05) is 6.92 Å². The molecule has 2 heterocycles. The Balaban J connectivity index is 2.05. The molecule has 1 aliphatic rings. The van der Waals surface area contributed by atoms with E-state index in [1.807, 2.05) is 34.6 Å². The van der Waals surface area contributed by atoms with Crippen LogP contribution in [0.1, 0.15) is 45.2 Å². The lowest BCUT2D eigenvalue weighted by molar-refractivity contribution is -0.0333. The minimum atomic E-state index is -0.572. The quantitative estimate of drug-likeness (QED) is 0.876. The molecule has 2 rings (SSSR count). The van der Waals surface area contributed by atoms with Crippen LogP contribution in [0.3, 0.4) is 0 Å². The third-order valence-electron chi connectivity index (χ3n) is 3.61. The number of aryl methyl sites for hydroxylation is 1. The maximum Gasteiger partial charge on any atom is 0.411 e. The van der Waals surface area contributed by atoms with E-state index in [0.29, 0.717) is 18.9 Å². The second-order valence-electron chi connectivity index (χ2n) is 6.80. The lowest BCUT2D eigenvalue weighted by Crippen LogP contribution is -2.65. The van der Waals surface area contributed by atoms with Gasteiger partial charge >= 0.3 is 6.09 Å². The van der Waals surface area contributed by atoms with E-state index in [1.165, 1.54) is 4.90 Å². The highest BCUT2D eigenvalue weighted by Gasteiger charge is 2.42. The molecule has 1 aliphatic heterocycles. The highest BCUT2D eigenvalue weighted by Crippen LogP contribution is 2.25. The van der Waals surface area contributed by atoms with Gasteiger partial charge in [0.2, 0.25) is 5.82 Å². The monoisotopic (exact) mass is 323 g/mol. The van der Waals surface area contributed by atoms with E-state index in [1.54, 1.807) is 10.8 Å². The summed E-state index contributed by atoms with van der Waals surface area (Å²) in [6, 6.07) is 0. The number of nitrogens with one attached hydrogen (secondary N) is 1. The molecule has 23 heavy (non-hydrogen) atoms. The van der Waals surface area contributed by atoms with Gasteiger partial charge in [0.25, 0.3) is 5.91 Å². The zero-order valence-corrected chi connectivity index (χ0v) is 14.3. The number of anilines is 1. The van der Waals surface area contributed by atoms with Crippen LogP contribution in [-0.2, 0) is 11.3 Å². The number of carbonyl (C=O) groups is 2. The van der Waals surface area contributed by atoms with Gasteiger partial charge in [-0.2, -0.15) is 0 Å². The standard InChI is InChI=1S/C15H25N5O3/c1-6-19-8-10(16)17-12(19)13(21)18-11-9(2)7-20(11)14(22)23-15(3,4)5/h8-9,11H,6-7,16H2,1-5H3,(H,18,21). The van der Waals surface area contributed by atoms with Gasteiger partial charge in [-0.05, 0) is 27.7 Å². The normalized spacial score (nSPS) is 20.8. The number of nitrogens with zero attached hydrogens (tertiary/aromatic N) is 3. The average Bonchev–Trinajstić information content (AvgIpc) is 2.81. The Bertz CT molecular complexity index is 605. The van der Waals surface area contributed by atoms with Crippen molar-refractivity contribution in [2.75, 3.05) is 12.3 Å². The van der Waals surface area contributed by atoms with Crippen molar-refractivity contribution in [3.8, 4) is 0 Å². The second kappa shape index (κ2) is 6.10. The van der Waals surface area contributed by atoms with E-state index in [2.05, 4.69) is 10.3 Å². The lowest BCUT2D eigenvalue weighted by atomic mass is 9.98. The van der Waals surface area contributed by atoms with E-state index in [9.17, 15) is 9.59 Å². The lowest BCUT2D eigenvalue weighted by Gasteiger charge is -2.46. The molecule has 0 bridgehead atoms. The highest BCUT2D eigenvalue weighted by atomic mass is 16.6. The molecule has 0 saturated carbocycles. The van der Waals surface area contributed by atoms with E-state index in [0.717, 1.165) is 0 Å². The molecule has 8 heteroatoms. The maximum atomic E-state index is 12.4. The van der Waals surface area contributed by atoms with Gasteiger partial charge in [0.1, 0.15) is 17.6 Å². The van der Waals surface area contributed by atoms with Crippen LogP contribution in [0.4, 0.5) is 10.6 Å². The summed E-state index contributed by atoms with van der Waals surface area (Å²) >= 11 is 0. The summed E-state index contributed by atoms with van der Waals surface area (Å²) < 4.78 is 7.02. The number of imidazole rings is 1. The molecule has 2 unspecified atom stereocenters. The van der Waals surface area contributed by atoms with Crippen molar-refractivity contribution in [2.24, 2.45) is 5.92 Å². The summed E-state index contributed by atoms with van der Waals surface area (Å²) in [6.45, 7) is 10.4. The van der Waals surface area contributed by atoms with E-state index in [-0.39, 0.29) is 17.6 Å². The topological polar surface area (TPSA) is 102 Å². The van der Waals surface area contributed by atoms with Crippen molar-refractivity contribution in [3.05, 3.63) is 12.0 Å². The van der Waals surface area contributed by atoms with Crippen LogP contribution >= 0.6 is 0 Å². The molecule has 8 nitrogen and oxygen atoms in total. The third kappa shape index (κ3) is 3.75. The summed E-state index contributed by atoms with van der Waals surface area (Å²) in [5.41, 5.74) is 5.07. The van der Waals surface area contributed by atoms with Crippen molar-refractivity contribution < 1.29 is 14.3 Å². The Hall–Kier alpha value is -2.25. The largest absolute Gasteiger partial charge is 0.444 e. The van der Waals surface area contributed by atoms with Crippen molar-refractivity contribution in [1.82, 2.24) is 19.8 Å². The van der Waals surface area contributed by atoms with E-state index >= 15 is 0 Å². The Morgan fingerprint density at radius 1 is 1.48 bits per heavy atom. The van der Waals surface area contributed by atoms with Crippen molar-refractivity contribution in [1.29, 1.82) is 0 Å². The predicted octanol–water partition coefficient (Wildman–Crippen LogP) is 1.43. The fourth-order valence-electron chi connectivity index (χ4n) is 2.48. The molecule has 128 valence electrons. The number of ether oxygens (including phenoxy) is 1. The van der Waals surface area contributed by atoms with Gasteiger partial charge in [0.05, 0.1) is 0 Å². The van der Waals surface area contributed by atoms with Crippen LogP contribution in [0, 0.1) is 5.92 Å². The summed E-state index contributed by atoms with van der Waals surface area (Å²) in [4.78, 5) is 30.1. The molecule has 0 spiro atoms. The van der Waals surface area contributed by atoms with Gasteiger partial charge in [-0.3, -0.25) is 9.69 Å². The van der Waals surface area contributed by atoms with Gasteiger partial charge in [0.15, 0.2) is 0 Å². The maximum absolute atomic E-state index is 12.4. The zero-order valence-electron chi connectivity index (χ0n) is 14.3. The van der Waals surface area contributed by atoms with Gasteiger partial charge in [0, 0.05) is 25.2 Å². The fourth-order valence-corrected chi connectivity index (χ4v) is 2.48. The van der Waals surface area contributed by atoms with Crippen LogP contribution in [0.5, 0.6) is 0 Å². The van der Waals surface area contributed by atoms with Crippen LogP contribution in [0.15, 0.2) is 6.20 Å². The molecule has 2 amide bonds. The third-order valence-corrected chi connectivity index (χ3v) is 3.61. The zero-order chi connectivity index (χ0) is 17.4.